The first kappa shape index (κ1) is 17.3. The van der Waals surface area contributed by atoms with Crippen molar-refractivity contribution >= 4 is 22.3 Å². The lowest BCUT2D eigenvalue weighted by Crippen LogP contribution is -2.36. The number of nitrogens with zero attached hydrogens (tertiary/aromatic N) is 2. The molecule has 1 aromatic heterocycles. The minimum atomic E-state index is -0.996. The van der Waals surface area contributed by atoms with E-state index in [1.165, 1.54) is 11.3 Å². The second-order valence-electron chi connectivity index (χ2n) is 5.63. The first-order chi connectivity index (χ1) is 12.1. The number of anilines is 1. The number of thiophene rings is 1. The Morgan fingerprint density at radius 1 is 1.36 bits per heavy atom. The molecule has 0 atom stereocenters. The third kappa shape index (κ3) is 3.60. The molecule has 130 valence electrons. The van der Waals surface area contributed by atoms with E-state index in [-0.39, 0.29) is 4.88 Å². The number of carboxylic acid groups (broad SMARTS) is 1. The van der Waals surface area contributed by atoms with Crippen molar-refractivity contribution in [1.29, 1.82) is 5.26 Å². The van der Waals surface area contributed by atoms with Gasteiger partial charge in [0.15, 0.2) is 0 Å². The van der Waals surface area contributed by atoms with Crippen molar-refractivity contribution < 1.29 is 19.4 Å². The van der Waals surface area contributed by atoms with E-state index in [9.17, 15) is 15.2 Å². The lowest BCUT2D eigenvalue weighted by molar-refractivity contribution is 0.0701. The zero-order valence-corrected chi connectivity index (χ0v) is 14.6. The summed E-state index contributed by atoms with van der Waals surface area (Å²) in [6.07, 6.45) is 0.398. The highest BCUT2D eigenvalue weighted by molar-refractivity contribution is 7.18. The van der Waals surface area contributed by atoms with E-state index in [0.717, 1.165) is 16.3 Å². The van der Waals surface area contributed by atoms with Crippen molar-refractivity contribution in [2.24, 2.45) is 0 Å². The standard InChI is InChI=1S/C18H18N2O4S/c1-23-13-4-2-12(3-5-13)10-14-15(11-19)17(25-16(14)18(21)22)20-6-8-24-9-7-20/h2-5H,6-10H2,1H3,(H,21,22). The largest absolute Gasteiger partial charge is 0.497 e. The molecule has 25 heavy (non-hydrogen) atoms. The Morgan fingerprint density at radius 3 is 2.60 bits per heavy atom. The average Bonchev–Trinajstić information content (AvgIpc) is 3.01. The molecule has 1 aliphatic heterocycles. The smallest absolute Gasteiger partial charge is 0.346 e. The fourth-order valence-corrected chi connectivity index (χ4v) is 4.01. The maximum absolute atomic E-state index is 11.7. The van der Waals surface area contributed by atoms with Crippen molar-refractivity contribution in [3.05, 3.63) is 45.8 Å². The summed E-state index contributed by atoms with van der Waals surface area (Å²) in [5.41, 5.74) is 1.97. The van der Waals surface area contributed by atoms with Gasteiger partial charge in [0.2, 0.25) is 0 Å². The summed E-state index contributed by atoms with van der Waals surface area (Å²) < 4.78 is 10.5. The van der Waals surface area contributed by atoms with Crippen LogP contribution in [0.25, 0.3) is 0 Å². The highest BCUT2D eigenvalue weighted by Crippen LogP contribution is 2.37. The summed E-state index contributed by atoms with van der Waals surface area (Å²) in [4.78, 5) is 14.0. The number of rotatable bonds is 5. The van der Waals surface area contributed by atoms with Crippen LogP contribution in [0.1, 0.15) is 26.4 Å². The first-order valence-electron chi connectivity index (χ1n) is 7.88. The van der Waals surface area contributed by atoms with Crippen LogP contribution in [0.4, 0.5) is 5.00 Å². The van der Waals surface area contributed by atoms with Crippen molar-refractivity contribution in [1.82, 2.24) is 0 Å². The van der Waals surface area contributed by atoms with E-state index in [4.69, 9.17) is 9.47 Å². The number of hydrogen-bond acceptors (Lipinski definition) is 6. The van der Waals surface area contributed by atoms with E-state index in [0.29, 0.717) is 43.9 Å². The fourth-order valence-electron chi connectivity index (χ4n) is 2.85. The molecule has 0 amide bonds. The molecule has 0 saturated carbocycles. The van der Waals surface area contributed by atoms with Crippen LogP contribution >= 0.6 is 11.3 Å². The number of carbonyl (C=O) groups is 1. The molecule has 0 aliphatic carbocycles. The maximum Gasteiger partial charge on any atom is 0.346 e. The van der Waals surface area contributed by atoms with Gasteiger partial charge in [-0.05, 0) is 17.7 Å². The number of methoxy groups -OCH3 is 1. The second-order valence-corrected chi connectivity index (χ2v) is 6.63. The van der Waals surface area contributed by atoms with Crippen LogP contribution in [0.15, 0.2) is 24.3 Å². The lowest BCUT2D eigenvalue weighted by atomic mass is 10.0. The van der Waals surface area contributed by atoms with Crippen molar-refractivity contribution in [3.63, 3.8) is 0 Å². The van der Waals surface area contributed by atoms with Gasteiger partial charge in [-0.3, -0.25) is 0 Å². The molecule has 0 unspecified atom stereocenters. The van der Waals surface area contributed by atoms with Crippen LogP contribution in [0, 0.1) is 11.3 Å². The monoisotopic (exact) mass is 358 g/mol. The van der Waals surface area contributed by atoms with Gasteiger partial charge >= 0.3 is 5.97 Å². The molecule has 2 heterocycles. The normalized spacial score (nSPS) is 14.2. The summed E-state index contributed by atoms with van der Waals surface area (Å²) in [6.45, 7) is 2.49. The van der Waals surface area contributed by atoms with Gasteiger partial charge in [-0.2, -0.15) is 5.26 Å². The molecule has 1 aromatic carbocycles. The van der Waals surface area contributed by atoms with E-state index in [2.05, 4.69) is 6.07 Å². The second kappa shape index (κ2) is 7.55. The topological polar surface area (TPSA) is 82.8 Å². The van der Waals surface area contributed by atoms with Crippen LogP contribution in [0.5, 0.6) is 5.75 Å². The number of morpholine rings is 1. The summed E-state index contributed by atoms with van der Waals surface area (Å²) in [5.74, 6) is -0.258. The quantitative estimate of drug-likeness (QED) is 0.885. The predicted octanol–water partition coefficient (Wildman–Crippen LogP) is 2.75. The van der Waals surface area contributed by atoms with Gasteiger partial charge in [0.25, 0.3) is 0 Å². The molecule has 0 radical (unpaired) electrons. The lowest BCUT2D eigenvalue weighted by Gasteiger charge is -2.27. The predicted molar refractivity (Wildman–Crippen MR) is 94.8 cm³/mol. The number of nitriles is 1. The number of benzene rings is 1. The van der Waals surface area contributed by atoms with Gasteiger partial charge in [0.05, 0.1) is 25.9 Å². The Hall–Kier alpha value is -2.56. The Labute approximate surface area is 149 Å². The molecule has 1 fully saturated rings. The number of aromatic carboxylic acids is 1. The minimum absolute atomic E-state index is 0.230. The van der Waals surface area contributed by atoms with Crippen molar-refractivity contribution in [3.8, 4) is 11.8 Å². The Bertz CT molecular complexity index is 802. The summed E-state index contributed by atoms with van der Waals surface area (Å²) in [5, 5.41) is 20.0. The highest BCUT2D eigenvalue weighted by atomic mass is 32.1. The molecule has 0 bridgehead atoms. The van der Waals surface area contributed by atoms with Crippen LogP contribution in [0.3, 0.4) is 0 Å². The molecule has 1 N–H and O–H groups in total. The van der Waals surface area contributed by atoms with Gasteiger partial charge < -0.3 is 19.5 Å². The van der Waals surface area contributed by atoms with Gasteiger partial charge in [0.1, 0.15) is 21.7 Å². The summed E-state index contributed by atoms with van der Waals surface area (Å²) in [7, 11) is 1.60. The number of hydrogen-bond donors (Lipinski definition) is 1. The fraction of sp³-hybridized carbons (Fsp3) is 0.333. The van der Waals surface area contributed by atoms with E-state index < -0.39 is 5.97 Å². The molecule has 7 heteroatoms. The van der Waals surface area contributed by atoms with Crippen molar-refractivity contribution in [2.75, 3.05) is 38.3 Å². The molecule has 2 aromatic rings. The van der Waals surface area contributed by atoms with Gasteiger partial charge in [0, 0.05) is 25.1 Å². The van der Waals surface area contributed by atoms with Crippen LogP contribution in [-0.2, 0) is 11.2 Å². The zero-order valence-electron chi connectivity index (χ0n) is 13.8. The third-order valence-corrected chi connectivity index (χ3v) is 5.41. The highest BCUT2D eigenvalue weighted by Gasteiger charge is 2.26. The molecule has 0 spiro atoms. The summed E-state index contributed by atoms with van der Waals surface area (Å²) >= 11 is 1.18. The minimum Gasteiger partial charge on any atom is -0.497 e. The van der Waals surface area contributed by atoms with E-state index >= 15 is 0 Å². The molecule has 3 rings (SSSR count). The maximum atomic E-state index is 11.7. The molecule has 6 nitrogen and oxygen atoms in total. The SMILES string of the molecule is COc1ccc(Cc2c(C(=O)O)sc(N3CCOCC3)c2C#N)cc1. The van der Waals surface area contributed by atoms with Crippen molar-refractivity contribution in [2.45, 2.75) is 6.42 Å². The van der Waals surface area contributed by atoms with E-state index in [1.807, 2.05) is 29.2 Å². The molecule has 1 saturated heterocycles. The summed E-state index contributed by atoms with van der Waals surface area (Å²) in [6, 6.07) is 9.65. The molecular formula is C18H18N2O4S. The third-order valence-electron chi connectivity index (χ3n) is 4.13. The van der Waals surface area contributed by atoms with Crippen LogP contribution in [-0.4, -0.2) is 44.5 Å². The van der Waals surface area contributed by atoms with Gasteiger partial charge in [-0.1, -0.05) is 12.1 Å². The number of carboxylic acids is 1. The van der Waals surface area contributed by atoms with Crippen LogP contribution in [0.2, 0.25) is 0 Å². The van der Waals surface area contributed by atoms with Gasteiger partial charge in [-0.15, -0.1) is 11.3 Å². The molecule has 1 aliphatic rings. The molecular weight excluding hydrogens is 340 g/mol. The Balaban J connectivity index is 1.99. The Morgan fingerprint density at radius 2 is 2.04 bits per heavy atom. The van der Waals surface area contributed by atoms with Crippen LogP contribution < -0.4 is 9.64 Å². The van der Waals surface area contributed by atoms with E-state index in [1.54, 1.807) is 7.11 Å². The van der Waals surface area contributed by atoms with Gasteiger partial charge in [-0.25, -0.2) is 4.79 Å². The Kier molecular flexibility index (Phi) is 5.22. The average molecular weight is 358 g/mol. The zero-order chi connectivity index (χ0) is 17.8. The first-order valence-corrected chi connectivity index (χ1v) is 8.70. The number of ether oxygens (including phenoxy) is 2.